The number of aliphatic imine (C=N–C) groups is 1. The highest BCUT2D eigenvalue weighted by molar-refractivity contribution is 14.0. The van der Waals surface area contributed by atoms with Crippen LogP contribution in [0.1, 0.15) is 57.6 Å². The first kappa shape index (κ1) is 25.1. The second kappa shape index (κ2) is 15.9. The fourth-order valence-electron chi connectivity index (χ4n) is 2.96. The largest absolute Gasteiger partial charge is 0.379 e. The van der Waals surface area contributed by atoms with Crippen molar-refractivity contribution in [2.45, 2.75) is 65.5 Å². The van der Waals surface area contributed by atoms with Gasteiger partial charge in [-0.2, -0.15) is 0 Å². The maximum atomic E-state index is 5.58. The Hall–Kier alpha value is -0.940. The molecule has 0 bridgehead atoms. The van der Waals surface area contributed by atoms with Crippen LogP contribution in [-0.4, -0.2) is 60.2 Å². The first-order chi connectivity index (χ1) is 13.3. The Bertz CT molecular complexity index is 553. The van der Waals surface area contributed by atoms with E-state index in [2.05, 4.69) is 44.2 Å². The maximum absolute atomic E-state index is 5.58. The Morgan fingerprint density at radius 1 is 1.04 bits per heavy atom. The van der Waals surface area contributed by atoms with Crippen molar-refractivity contribution < 1.29 is 9.47 Å². The zero-order valence-corrected chi connectivity index (χ0v) is 19.7. The fraction of sp³-hybridized carbons (Fsp3) is 0.842. The molecule has 2 N–H and O–H groups in total. The lowest BCUT2D eigenvalue weighted by Gasteiger charge is -2.12. The van der Waals surface area contributed by atoms with Crippen molar-refractivity contribution in [2.24, 2.45) is 4.99 Å². The molecule has 162 valence electrons. The number of hydrogen-bond acceptors (Lipinski definition) is 5. The summed E-state index contributed by atoms with van der Waals surface area (Å²) >= 11 is 0. The molecule has 2 heterocycles. The van der Waals surface area contributed by atoms with Gasteiger partial charge in [-0.25, -0.2) is 4.99 Å². The molecule has 2 rings (SSSR count). The van der Waals surface area contributed by atoms with Crippen LogP contribution in [0.15, 0.2) is 4.99 Å². The molecule has 0 aliphatic carbocycles. The van der Waals surface area contributed by atoms with Gasteiger partial charge in [0.1, 0.15) is 12.4 Å². The van der Waals surface area contributed by atoms with Crippen molar-refractivity contribution in [2.75, 3.05) is 39.5 Å². The Kier molecular flexibility index (Phi) is 14.3. The van der Waals surface area contributed by atoms with E-state index in [0.717, 1.165) is 56.6 Å². The number of nitrogens with one attached hydrogen (secondary N) is 2. The molecule has 0 aromatic carbocycles. The van der Waals surface area contributed by atoms with Gasteiger partial charge in [0.05, 0.1) is 19.8 Å². The van der Waals surface area contributed by atoms with Crippen molar-refractivity contribution in [3.05, 3.63) is 11.6 Å². The molecular weight excluding hydrogens is 471 g/mol. The Balaban J connectivity index is 0.00000392. The second-order valence-electron chi connectivity index (χ2n) is 6.69. The summed E-state index contributed by atoms with van der Waals surface area (Å²) in [7, 11) is 0. The number of aryl methyl sites for hydroxylation is 1. The molecule has 1 aromatic rings. The topological polar surface area (TPSA) is 85.6 Å². The normalized spacial score (nSPS) is 14.1. The summed E-state index contributed by atoms with van der Waals surface area (Å²) in [6.07, 6.45) is 6.96. The van der Waals surface area contributed by atoms with Gasteiger partial charge in [-0.15, -0.1) is 34.2 Å². The van der Waals surface area contributed by atoms with Gasteiger partial charge in [-0.05, 0) is 26.2 Å². The molecule has 1 aromatic heterocycles. The monoisotopic (exact) mass is 508 g/mol. The average molecular weight is 508 g/mol. The quantitative estimate of drug-likeness (QED) is 0.195. The van der Waals surface area contributed by atoms with E-state index in [1.807, 2.05) is 0 Å². The molecule has 0 amide bonds. The number of unbranched alkanes of at least 4 members (excludes halogenated alkanes) is 1. The first-order valence-electron chi connectivity index (χ1n) is 10.4. The summed E-state index contributed by atoms with van der Waals surface area (Å²) in [5, 5.41) is 15.2. The third kappa shape index (κ3) is 9.51. The van der Waals surface area contributed by atoms with Crippen LogP contribution in [0.3, 0.4) is 0 Å². The van der Waals surface area contributed by atoms with Crippen LogP contribution in [0.5, 0.6) is 0 Å². The van der Waals surface area contributed by atoms with Crippen molar-refractivity contribution in [3.8, 4) is 0 Å². The van der Waals surface area contributed by atoms with Crippen LogP contribution in [-0.2, 0) is 29.0 Å². The fourth-order valence-corrected chi connectivity index (χ4v) is 2.96. The summed E-state index contributed by atoms with van der Waals surface area (Å²) in [5.41, 5.74) is 0. The molecule has 8 nitrogen and oxygen atoms in total. The van der Waals surface area contributed by atoms with Crippen LogP contribution in [0.4, 0.5) is 0 Å². The number of guanidine groups is 1. The lowest BCUT2D eigenvalue weighted by molar-refractivity contribution is 0.0487. The highest BCUT2D eigenvalue weighted by Crippen LogP contribution is 2.14. The molecule has 0 saturated carbocycles. The number of hydrogen-bond donors (Lipinski definition) is 2. The molecule has 0 spiro atoms. The summed E-state index contributed by atoms with van der Waals surface area (Å²) < 4.78 is 13.3. The van der Waals surface area contributed by atoms with Gasteiger partial charge in [0.2, 0.25) is 0 Å². The molecule has 1 aliphatic heterocycles. The molecule has 0 unspecified atom stereocenters. The number of halogens is 1. The van der Waals surface area contributed by atoms with Crippen LogP contribution >= 0.6 is 24.0 Å². The smallest absolute Gasteiger partial charge is 0.191 e. The Morgan fingerprint density at radius 2 is 1.86 bits per heavy atom. The number of aromatic nitrogens is 3. The standard InChI is InChI=1S/C19H36N6O2.HI/c1-3-5-12-26-14-15-27-13-10-21-19(20-4-2)22-16-18-24-23-17-9-7-6-8-11-25(17)18;/h3-16H2,1-2H3,(H2,20,21,22);1H. The lowest BCUT2D eigenvalue weighted by atomic mass is 10.2. The van der Waals surface area contributed by atoms with E-state index >= 15 is 0 Å². The summed E-state index contributed by atoms with van der Waals surface area (Å²) in [6.45, 7) is 10.0. The molecular formula is C19H37IN6O2. The van der Waals surface area contributed by atoms with E-state index in [1.165, 1.54) is 19.3 Å². The van der Waals surface area contributed by atoms with Gasteiger partial charge in [0.25, 0.3) is 0 Å². The highest BCUT2D eigenvalue weighted by atomic mass is 127. The zero-order valence-electron chi connectivity index (χ0n) is 17.4. The predicted molar refractivity (Wildman–Crippen MR) is 122 cm³/mol. The van der Waals surface area contributed by atoms with Crippen LogP contribution in [0, 0.1) is 0 Å². The number of rotatable bonds is 12. The predicted octanol–water partition coefficient (Wildman–Crippen LogP) is 2.51. The third-order valence-corrected chi connectivity index (χ3v) is 4.46. The Morgan fingerprint density at radius 3 is 2.64 bits per heavy atom. The SMILES string of the molecule is CCCCOCCOCCNC(=NCc1nnc2n1CCCCC2)NCC.I. The van der Waals surface area contributed by atoms with E-state index in [-0.39, 0.29) is 24.0 Å². The van der Waals surface area contributed by atoms with E-state index in [9.17, 15) is 0 Å². The van der Waals surface area contributed by atoms with Gasteiger partial charge < -0.3 is 24.7 Å². The molecule has 0 atom stereocenters. The van der Waals surface area contributed by atoms with Crippen LogP contribution < -0.4 is 10.6 Å². The summed E-state index contributed by atoms with van der Waals surface area (Å²) in [4.78, 5) is 4.65. The molecule has 28 heavy (non-hydrogen) atoms. The van der Waals surface area contributed by atoms with Gasteiger partial charge in [-0.1, -0.05) is 19.8 Å². The number of fused-ring (bicyclic) bond motifs is 1. The van der Waals surface area contributed by atoms with E-state index in [0.29, 0.717) is 32.9 Å². The van der Waals surface area contributed by atoms with Gasteiger partial charge >= 0.3 is 0 Å². The average Bonchev–Trinajstić information content (AvgIpc) is 2.91. The minimum atomic E-state index is 0. The van der Waals surface area contributed by atoms with Gasteiger partial charge in [0, 0.05) is 32.7 Å². The zero-order chi connectivity index (χ0) is 19.2. The molecule has 0 fully saturated rings. The van der Waals surface area contributed by atoms with Crippen molar-refractivity contribution in [1.29, 1.82) is 0 Å². The third-order valence-electron chi connectivity index (χ3n) is 4.46. The maximum Gasteiger partial charge on any atom is 0.191 e. The van der Waals surface area contributed by atoms with E-state index in [4.69, 9.17) is 9.47 Å². The van der Waals surface area contributed by atoms with Gasteiger partial charge in [-0.3, -0.25) is 0 Å². The van der Waals surface area contributed by atoms with Gasteiger partial charge in [0.15, 0.2) is 11.8 Å². The summed E-state index contributed by atoms with van der Waals surface area (Å²) in [6, 6.07) is 0. The first-order valence-corrected chi connectivity index (χ1v) is 10.4. The Labute approximate surface area is 186 Å². The van der Waals surface area contributed by atoms with Crippen LogP contribution in [0.25, 0.3) is 0 Å². The van der Waals surface area contributed by atoms with Crippen LogP contribution in [0.2, 0.25) is 0 Å². The molecule has 0 saturated heterocycles. The molecule has 1 aliphatic rings. The van der Waals surface area contributed by atoms with E-state index < -0.39 is 0 Å². The number of ether oxygens (including phenoxy) is 2. The van der Waals surface area contributed by atoms with Crippen molar-refractivity contribution >= 4 is 29.9 Å². The van der Waals surface area contributed by atoms with Crippen molar-refractivity contribution in [1.82, 2.24) is 25.4 Å². The lowest BCUT2D eigenvalue weighted by Crippen LogP contribution is -2.39. The minimum Gasteiger partial charge on any atom is -0.379 e. The molecule has 9 heteroatoms. The molecule has 0 radical (unpaired) electrons. The summed E-state index contributed by atoms with van der Waals surface area (Å²) in [5.74, 6) is 2.83. The highest BCUT2D eigenvalue weighted by Gasteiger charge is 2.14. The van der Waals surface area contributed by atoms with Crippen molar-refractivity contribution in [3.63, 3.8) is 0 Å². The van der Waals surface area contributed by atoms with E-state index in [1.54, 1.807) is 0 Å². The number of nitrogens with zero attached hydrogens (tertiary/aromatic N) is 4. The second-order valence-corrected chi connectivity index (χ2v) is 6.69. The minimum absolute atomic E-state index is 0.